The minimum Gasteiger partial charge on any atom is -0.313 e. The van der Waals surface area contributed by atoms with Crippen molar-refractivity contribution in [3.63, 3.8) is 0 Å². The Bertz CT molecular complexity index is 315. The van der Waals surface area contributed by atoms with Gasteiger partial charge < -0.3 is 5.32 Å². The molecule has 2 rings (SSSR count). The molecule has 1 unspecified atom stereocenters. The summed E-state index contributed by atoms with van der Waals surface area (Å²) in [5.74, 6) is 1.43. The third-order valence-electron chi connectivity index (χ3n) is 3.96. The topological polar surface area (TPSA) is 24.9 Å². The minimum atomic E-state index is 0.647. The second-order valence-electron chi connectivity index (χ2n) is 5.15. The molecule has 94 valence electrons. The van der Waals surface area contributed by atoms with Crippen LogP contribution in [-0.2, 0) is 0 Å². The molecule has 0 radical (unpaired) electrons. The first-order valence-corrected chi connectivity index (χ1v) is 6.98. The summed E-state index contributed by atoms with van der Waals surface area (Å²) in [5, 5.41) is 3.68. The van der Waals surface area contributed by atoms with Gasteiger partial charge in [-0.25, -0.2) is 0 Å². The fourth-order valence-corrected chi connectivity index (χ4v) is 2.61. The Balaban J connectivity index is 2.04. The Morgan fingerprint density at radius 2 is 1.88 bits per heavy atom. The van der Waals surface area contributed by atoms with E-state index in [1.165, 1.54) is 31.2 Å². The minimum absolute atomic E-state index is 0.647. The van der Waals surface area contributed by atoms with Crippen molar-refractivity contribution < 1.29 is 0 Å². The lowest BCUT2D eigenvalue weighted by Gasteiger charge is -2.26. The van der Waals surface area contributed by atoms with Crippen LogP contribution in [0.15, 0.2) is 24.5 Å². The van der Waals surface area contributed by atoms with Gasteiger partial charge >= 0.3 is 0 Å². The van der Waals surface area contributed by atoms with Gasteiger partial charge in [-0.15, -0.1) is 0 Å². The van der Waals surface area contributed by atoms with Crippen molar-refractivity contribution >= 4 is 0 Å². The van der Waals surface area contributed by atoms with Crippen LogP contribution in [0.1, 0.15) is 51.0 Å². The summed E-state index contributed by atoms with van der Waals surface area (Å²) in [6, 6.07) is 5.16. The highest BCUT2D eigenvalue weighted by Gasteiger charge is 2.25. The third-order valence-corrected chi connectivity index (χ3v) is 3.96. The number of aromatic nitrogens is 1. The predicted molar refractivity (Wildman–Crippen MR) is 72.1 cm³/mol. The fourth-order valence-electron chi connectivity index (χ4n) is 2.61. The largest absolute Gasteiger partial charge is 0.313 e. The molecule has 1 aliphatic rings. The molecule has 0 aromatic carbocycles. The molecule has 0 amide bonds. The van der Waals surface area contributed by atoms with Crippen LogP contribution in [0.4, 0.5) is 0 Å². The smallest absolute Gasteiger partial charge is 0.0270 e. The quantitative estimate of drug-likeness (QED) is 0.780. The van der Waals surface area contributed by atoms with E-state index in [1.54, 1.807) is 0 Å². The van der Waals surface area contributed by atoms with Crippen molar-refractivity contribution in [2.45, 2.75) is 51.5 Å². The van der Waals surface area contributed by atoms with E-state index >= 15 is 0 Å². The lowest BCUT2D eigenvalue weighted by molar-refractivity contribution is 0.378. The van der Waals surface area contributed by atoms with Gasteiger partial charge in [0, 0.05) is 25.0 Å². The van der Waals surface area contributed by atoms with E-state index in [1.807, 2.05) is 12.4 Å². The van der Waals surface area contributed by atoms with Gasteiger partial charge in [-0.3, -0.25) is 4.98 Å². The fraction of sp³-hybridized carbons (Fsp3) is 0.667. The summed E-state index contributed by atoms with van der Waals surface area (Å²) in [4.78, 5) is 4.13. The Morgan fingerprint density at radius 3 is 2.41 bits per heavy atom. The predicted octanol–water partition coefficient (Wildman–Crippen LogP) is 3.35. The molecule has 1 aromatic rings. The summed E-state index contributed by atoms with van der Waals surface area (Å²) < 4.78 is 0. The maximum absolute atomic E-state index is 4.13. The average Bonchev–Trinajstić information content (AvgIpc) is 3.19. The lowest BCUT2D eigenvalue weighted by atomic mass is 9.83. The van der Waals surface area contributed by atoms with Crippen molar-refractivity contribution in [2.24, 2.45) is 5.92 Å². The van der Waals surface area contributed by atoms with E-state index in [4.69, 9.17) is 0 Å². The number of hydrogen-bond acceptors (Lipinski definition) is 2. The van der Waals surface area contributed by atoms with Gasteiger partial charge in [-0.1, -0.05) is 26.7 Å². The number of hydrogen-bond donors (Lipinski definition) is 1. The highest BCUT2D eigenvalue weighted by Crippen LogP contribution is 2.30. The number of rotatable bonds is 7. The molecule has 1 N–H and O–H groups in total. The molecule has 1 heterocycles. The maximum atomic E-state index is 4.13. The first-order chi connectivity index (χ1) is 8.35. The van der Waals surface area contributed by atoms with E-state index in [2.05, 4.69) is 36.3 Å². The van der Waals surface area contributed by atoms with Crippen LogP contribution < -0.4 is 5.32 Å². The van der Waals surface area contributed by atoms with Crippen LogP contribution >= 0.6 is 0 Å². The highest BCUT2D eigenvalue weighted by molar-refractivity contribution is 5.17. The van der Waals surface area contributed by atoms with E-state index < -0.39 is 0 Å². The molecule has 0 bridgehead atoms. The molecular weight excluding hydrogens is 208 g/mol. The monoisotopic (exact) mass is 232 g/mol. The van der Waals surface area contributed by atoms with E-state index in [0.717, 1.165) is 18.5 Å². The highest BCUT2D eigenvalue weighted by atomic mass is 14.9. The normalized spacial score (nSPS) is 17.4. The van der Waals surface area contributed by atoms with Gasteiger partial charge in [-0.05, 0) is 42.4 Å². The van der Waals surface area contributed by atoms with Gasteiger partial charge in [0.25, 0.3) is 0 Å². The van der Waals surface area contributed by atoms with Gasteiger partial charge in [0.2, 0.25) is 0 Å². The van der Waals surface area contributed by atoms with E-state index in [9.17, 15) is 0 Å². The van der Waals surface area contributed by atoms with Crippen molar-refractivity contribution in [1.82, 2.24) is 10.3 Å². The molecule has 0 aliphatic heterocycles. The molecule has 17 heavy (non-hydrogen) atoms. The first kappa shape index (κ1) is 12.6. The molecule has 1 atom stereocenters. The van der Waals surface area contributed by atoms with E-state index in [0.29, 0.717) is 5.92 Å². The second-order valence-corrected chi connectivity index (χ2v) is 5.15. The standard InChI is InChI=1S/C15H24N2/c1-3-12(4-2)15(11-17-14-5-6-14)13-7-9-16-10-8-13/h7-10,12,14-15,17H,3-6,11H2,1-2H3. The van der Waals surface area contributed by atoms with Crippen LogP contribution in [0, 0.1) is 5.92 Å². The zero-order valence-corrected chi connectivity index (χ0v) is 11.0. The van der Waals surface area contributed by atoms with Crippen molar-refractivity contribution in [2.75, 3.05) is 6.54 Å². The Kier molecular flexibility index (Phi) is 4.55. The number of nitrogens with one attached hydrogen (secondary N) is 1. The zero-order valence-electron chi connectivity index (χ0n) is 11.0. The van der Waals surface area contributed by atoms with Crippen LogP contribution in [0.3, 0.4) is 0 Å². The van der Waals surface area contributed by atoms with Crippen LogP contribution in [-0.4, -0.2) is 17.6 Å². The Labute approximate surface area is 105 Å². The first-order valence-electron chi connectivity index (χ1n) is 6.98. The molecule has 1 fully saturated rings. The number of nitrogens with zero attached hydrogens (tertiary/aromatic N) is 1. The van der Waals surface area contributed by atoms with Gasteiger partial charge in [0.15, 0.2) is 0 Å². The Hall–Kier alpha value is -0.890. The van der Waals surface area contributed by atoms with Crippen molar-refractivity contribution in [3.05, 3.63) is 30.1 Å². The SMILES string of the molecule is CCC(CC)C(CNC1CC1)c1ccncc1. The van der Waals surface area contributed by atoms with Crippen molar-refractivity contribution in [3.8, 4) is 0 Å². The molecule has 1 saturated carbocycles. The van der Waals surface area contributed by atoms with Crippen LogP contribution in [0.25, 0.3) is 0 Å². The Morgan fingerprint density at radius 1 is 1.24 bits per heavy atom. The summed E-state index contributed by atoms with van der Waals surface area (Å²) in [6.07, 6.45) is 9.09. The molecule has 2 heteroatoms. The molecule has 1 aliphatic carbocycles. The van der Waals surface area contributed by atoms with E-state index in [-0.39, 0.29) is 0 Å². The zero-order chi connectivity index (χ0) is 12.1. The summed E-state index contributed by atoms with van der Waals surface area (Å²) in [7, 11) is 0. The molecular formula is C15H24N2. The van der Waals surface area contributed by atoms with Crippen LogP contribution in [0.5, 0.6) is 0 Å². The molecule has 0 spiro atoms. The van der Waals surface area contributed by atoms with Gasteiger partial charge in [0.05, 0.1) is 0 Å². The van der Waals surface area contributed by atoms with Gasteiger partial charge in [0.1, 0.15) is 0 Å². The van der Waals surface area contributed by atoms with Crippen molar-refractivity contribution in [1.29, 1.82) is 0 Å². The molecule has 1 aromatic heterocycles. The second kappa shape index (κ2) is 6.15. The molecule has 0 saturated heterocycles. The maximum Gasteiger partial charge on any atom is 0.0270 e. The van der Waals surface area contributed by atoms with Gasteiger partial charge in [-0.2, -0.15) is 0 Å². The summed E-state index contributed by atoms with van der Waals surface area (Å²) in [5.41, 5.74) is 1.45. The van der Waals surface area contributed by atoms with Crippen LogP contribution in [0.2, 0.25) is 0 Å². The molecule has 2 nitrogen and oxygen atoms in total. The lowest BCUT2D eigenvalue weighted by Crippen LogP contribution is -2.28. The number of pyridine rings is 1. The third kappa shape index (κ3) is 3.53. The average molecular weight is 232 g/mol. The summed E-state index contributed by atoms with van der Waals surface area (Å²) >= 11 is 0. The summed E-state index contributed by atoms with van der Waals surface area (Å²) in [6.45, 7) is 5.74.